The average molecular weight is 292 g/mol. The molecule has 1 aromatic rings. The number of rotatable bonds is 2. The fourth-order valence-electron chi connectivity index (χ4n) is 1.97. The van der Waals surface area contributed by atoms with Gasteiger partial charge in [-0.25, -0.2) is 4.79 Å². The Kier molecular flexibility index (Phi) is 5.59. The maximum Gasteiger partial charge on any atom is 0.495 e. The summed E-state index contributed by atoms with van der Waals surface area (Å²) >= 11 is 0. The van der Waals surface area contributed by atoms with Crippen LogP contribution in [0.2, 0.25) is 0 Å². The van der Waals surface area contributed by atoms with Crippen LogP contribution in [0.5, 0.6) is 0 Å². The van der Waals surface area contributed by atoms with Gasteiger partial charge in [-0.2, -0.15) is 0 Å². The van der Waals surface area contributed by atoms with E-state index in [2.05, 4.69) is 0 Å². The molecule has 1 aliphatic heterocycles. The van der Waals surface area contributed by atoms with Crippen LogP contribution in [0.15, 0.2) is 24.3 Å². The van der Waals surface area contributed by atoms with Crippen molar-refractivity contribution in [3.05, 3.63) is 29.8 Å². The number of hydrogen-bond donors (Lipinski definition) is 0. The van der Waals surface area contributed by atoms with Crippen LogP contribution in [0, 0.1) is 0 Å². The van der Waals surface area contributed by atoms with Crippen LogP contribution in [-0.4, -0.2) is 31.4 Å². The molecule has 4 nitrogen and oxygen atoms in total. The van der Waals surface area contributed by atoms with Crippen LogP contribution in [0.1, 0.15) is 51.9 Å². The van der Waals surface area contributed by atoms with Crippen LogP contribution in [0.4, 0.5) is 0 Å². The van der Waals surface area contributed by atoms with Gasteiger partial charge in [0.25, 0.3) is 0 Å². The third-order valence-electron chi connectivity index (χ3n) is 3.87. The van der Waals surface area contributed by atoms with Crippen LogP contribution in [0.25, 0.3) is 0 Å². The molecule has 116 valence electrons. The van der Waals surface area contributed by atoms with Crippen molar-refractivity contribution in [2.24, 2.45) is 0 Å². The van der Waals surface area contributed by atoms with Gasteiger partial charge in [0.15, 0.2) is 0 Å². The molecular weight excluding hydrogens is 267 g/mol. The van der Waals surface area contributed by atoms with Gasteiger partial charge in [-0.15, -0.1) is 0 Å². The SMILES string of the molecule is CC.COC(=O)c1ccccc1B1OC(C)(C)C(C)(C)O1. The van der Waals surface area contributed by atoms with Crippen molar-refractivity contribution in [3.63, 3.8) is 0 Å². The molecule has 1 aliphatic rings. The summed E-state index contributed by atoms with van der Waals surface area (Å²) in [5.74, 6) is -0.384. The number of hydrogen-bond acceptors (Lipinski definition) is 4. The Morgan fingerprint density at radius 1 is 1.05 bits per heavy atom. The lowest BCUT2D eigenvalue weighted by atomic mass is 9.76. The Labute approximate surface area is 127 Å². The molecule has 0 bridgehead atoms. The molecule has 0 radical (unpaired) electrons. The molecule has 0 spiro atoms. The number of methoxy groups -OCH3 is 1. The van der Waals surface area contributed by atoms with Gasteiger partial charge in [-0.1, -0.05) is 32.0 Å². The first-order valence-electron chi connectivity index (χ1n) is 7.31. The zero-order valence-corrected chi connectivity index (χ0v) is 14.0. The second-order valence-electron chi connectivity index (χ2n) is 5.67. The molecular formula is C16H25BO4. The number of carbonyl (C=O) groups excluding carboxylic acids is 1. The molecule has 2 rings (SSSR count). The van der Waals surface area contributed by atoms with E-state index < -0.39 is 18.3 Å². The minimum Gasteiger partial charge on any atom is -0.465 e. The Morgan fingerprint density at radius 3 is 2.00 bits per heavy atom. The van der Waals surface area contributed by atoms with E-state index in [9.17, 15) is 4.79 Å². The van der Waals surface area contributed by atoms with Crippen LogP contribution in [-0.2, 0) is 14.0 Å². The van der Waals surface area contributed by atoms with Crippen molar-refractivity contribution in [1.29, 1.82) is 0 Å². The van der Waals surface area contributed by atoms with Gasteiger partial charge in [0, 0.05) is 0 Å². The largest absolute Gasteiger partial charge is 0.495 e. The fraction of sp³-hybridized carbons (Fsp3) is 0.562. The third kappa shape index (κ3) is 3.47. The lowest BCUT2D eigenvalue weighted by Gasteiger charge is -2.32. The highest BCUT2D eigenvalue weighted by Gasteiger charge is 2.52. The lowest BCUT2D eigenvalue weighted by molar-refractivity contribution is 0.00578. The van der Waals surface area contributed by atoms with Crippen molar-refractivity contribution in [3.8, 4) is 0 Å². The van der Waals surface area contributed by atoms with Gasteiger partial charge in [0.2, 0.25) is 0 Å². The molecule has 0 N–H and O–H groups in total. The van der Waals surface area contributed by atoms with Gasteiger partial charge in [0.1, 0.15) is 0 Å². The number of benzene rings is 1. The summed E-state index contributed by atoms with van der Waals surface area (Å²) < 4.78 is 16.7. The monoisotopic (exact) mass is 292 g/mol. The quantitative estimate of drug-likeness (QED) is 0.621. The lowest BCUT2D eigenvalue weighted by Crippen LogP contribution is -2.41. The topological polar surface area (TPSA) is 44.8 Å². The van der Waals surface area contributed by atoms with Crippen LogP contribution >= 0.6 is 0 Å². The standard InChI is InChI=1S/C14H19BO4.C2H6/c1-13(2)14(3,4)19-15(18-13)11-9-7-6-8-10(11)12(16)17-5;1-2/h6-9H,1-5H3;1-2H3. The molecule has 1 fully saturated rings. The Hall–Kier alpha value is -1.33. The van der Waals surface area contributed by atoms with Gasteiger partial charge < -0.3 is 14.0 Å². The summed E-state index contributed by atoms with van der Waals surface area (Å²) in [5, 5.41) is 0. The molecule has 1 heterocycles. The Morgan fingerprint density at radius 2 is 1.52 bits per heavy atom. The third-order valence-corrected chi connectivity index (χ3v) is 3.87. The van der Waals surface area contributed by atoms with Gasteiger partial charge in [-0.05, 0) is 39.2 Å². The molecule has 1 aromatic carbocycles. The molecule has 0 aliphatic carbocycles. The maximum absolute atomic E-state index is 11.8. The predicted molar refractivity (Wildman–Crippen MR) is 84.8 cm³/mol. The summed E-state index contributed by atoms with van der Waals surface area (Å²) in [4.78, 5) is 11.8. The smallest absolute Gasteiger partial charge is 0.465 e. The molecule has 0 atom stereocenters. The van der Waals surface area contributed by atoms with E-state index in [0.29, 0.717) is 11.0 Å². The number of carbonyl (C=O) groups is 1. The molecule has 0 aromatic heterocycles. The molecule has 5 heteroatoms. The van der Waals surface area contributed by atoms with Gasteiger partial charge in [-0.3, -0.25) is 0 Å². The van der Waals surface area contributed by atoms with Gasteiger partial charge >= 0.3 is 13.1 Å². The number of ether oxygens (including phenoxy) is 1. The van der Waals surface area contributed by atoms with E-state index in [4.69, 9.17) is 14.0 Å². The first kappa shape index (κ1) is 17.7. The van der Waals surface area contributed by atoms with Crippen molar-refractivity contribution < 1.29 is 18.8 Å². The van der Waals surface area contributed by atoms with E-state index in [1.165, 1.54) is 7.11 Å². The normalized spacial score (nSPS) is 18.7. The first-order chi connectivity index (χ1) is 9.78. The molecule has 0 saturated carbocycles. The predicted octanol–water partition coefficient (Wildman–Crippen LogP) is 2.80. The van der Waals surface area contributed by atoms with Crippen LogP contribution in [0.3, 0.4) is 0 Å². The Balaban J connectivity index is 0.00000106. The summed E-state index contributed by atoms with van der Waals surface area (Å²) in [6, 6.07) is 7.19. The highest BCUT2D eigenvalue weighted by Crippen LogP contribution is 2.36. The minimum atomic E-state index is -0.555. The number of esters is 1. The fourth-order valence-corrected chi connectivity index (χ4v) is 1.97. The van der Waals surface area contributed by atoms with Crippen LogP contribution < -0.4 is 5.46 Å². The summed E-state index contributed by atoms with van der Waals surface area (Å²) in [6.07, 6.45) is 0. The van der Waals surface area contributed by atoms with Gasteiger partial charge in [0.05, 0.1) is 23.9 Å². The Bertz CT molecular complexity index is 481. The van der Waals surface area contributed by atoms with E-state index in [1.54, 1.807) is 12.1 Å². The highest BCUT2D eigenvalue weighted by atomic mass is 16.7. The molecule has 1 saturated heterocycles. The summed E-state index contributed by atoms with van der Waals surface area (Å²) in [5.41, 5.74) is 0.318. The molecule has 0 unspecified atom stereocenters. The second-order valence-corrected chi connectivity index (χ2v) is 5.67. The minimum absolute atomic E-state index is 0.384. The van der Waals surface area contributed by atoms with Crippen molar-refractivity contribution in [2.45, 2.75) is 52.7 Å². The van der Waals surface area contributed by atoms with E-state index in [1.807, 2.05) is 53.7 Å². The zero-order chi connectivity index (χ0) is 16.3. The maximum atomic E-state index is 11.8. The van der Waals surface area contributed by atoms with Crippen molar-refractivity contribution >= 4 is 18.6 Å². The van der Waals surface area contributed by atoms with E-state index >= 15 is 0 Å². The van der Waals surface area contributed by atoms with E-state index in [0.717, 1.165) is 0 Å². The van der Waals surface area contributed by atoms with E-state index in [-0.39, 0.29) is 5.97 Å². The summed E-state index contributed by atoms with van der Waals surface area (Å²) in [6.45, 7) is 11.9. The zero-order valence-electron chi connectivity index (χ0n) is 14.0. The molecule has 0 amide bonds. The highest BCUT2D eigenvalue weighted by molar-refractivity contribution is 6.63. The first-order valence-corrected chi connectivity index (χ1v) is 7.31. The second kappa shape index (κ2) is 6.63. The summed E-state index contributed by atoms with van der Waals surface area (Å²) in [7, 11) is 0.809. The van der Waals surface area contributed by atoms with Crippen molar-refractivity contribution in [1.82, 2.24) is 0 Å². The molecule has 21 heavy (non-hydrogen) atoms. The van der Waals surface area contributed by atoms with Crippen molar-refractivity contribution in [2.75, 3.05) is 7.11 Å². The average Bonchev–Trinajstić information content (AvgIpc) is 2.69.